The minimum atomic E-state index is -0.543. The molecule has 0 aromatic carbocycles. The van der Waals surface area contributed by atoms with Gasteiger partial charge in [0, 0.05) is 42.8 Å². The molecule has 29 heavy (non-hydrogen) atoms. The van der Waals surface area contributed by atoms with E-state index in [1.54, 1.807) is 0 Å². The second-order valence-electron chi connectivity index (χ2n) is 8.61. The molecule has 0 saturated carbocycles. The van der Waals surface area contributed by atoms with E-state index in [0.717, 1.165) is 55.1 Å². The lowest BCUT2D eigenvalue weighted by atomic mass is 9.94. The number of aromatic nitrogens is 4. The summed E-state index contributed by atoms with van der Waals surface area (Å²) in [4.78, 5) is 11.2. The highest BCUT2D eigenvalue weighted by molar-refractivity contribution is 8.32. The molecule has 0 amide bonds. The lowest BCUT2D eigenvalue weighted by molar-refractivity contribution is 0.0923. The van der Waals surface area contributed by atoms with E-state index in [4.69, 9.17) is 15.9 Å². The molecule has 9 heteroatoms. The molecule has 4 rings (SSSR count). The normalized spacial score (nSPS) is 16.7. The maximum absolute atomic E-state index is 7.64. The van der Waals surface area contributed by atoms with Crippen molar-refractivity contribution >= 4 is 32.8 Å². The van der Waals surface area contributed by atoms with Gasteiger partial charge in [-0.05, 0) is 37.7 Å². The summed E-state index contributed by atoms with van der Waals surface area (Å²) >= 11 is 0. The Bertz CT molecular complexity index is 1010. The van der Waals surface area contributed by atoms with Crippen LogP contribution in [0, 0.1) is 5.41 Å². The van der Waals surface area contributed by atoms with Crippen LogP contribution in [-0.4, -0.2) is 74.0 Å². The summed E-state index contributed by atoms with van der Waals surface area (Å²) in [5, 5.41) is 7.64. The number of likely N-dealkylation sites (tertiary alicyclic amines) is 1. The Balaban J connectivity index is 1.56. The number of piperidine rings is 1. The zero-order valence-corrected chi connectivity index (χ0v) is 18.3. The number of hydrogen-bond donors (Lipinski definition) is 2. The number of imidazole rings is 1. The van der Waals surface area contributed by atoms with Gasteiger partial charge in [-0.1, -0.05) is 0 Å². The van der Waals surface area contributed by atoms with Crippen LogP contribution in [0.5, 0.6) is 0 Å². The predicted octanol–water partition coefficient (Wildman–Crippen LogP) is 2.42. The van der Waals surface area contributed by atoms with E-state index in [1.165, 1.54) is 5.69 Å². The molecule has 0 atom stereocenters. The Kier molecular flexibility index (Phi) is 5.44. The first-order valence-electron chi connectivity index (χ1n) is 9.97. The number of ether oxygens (including phenoxy) is 1. The standard InChI is InChI=1S/C20H31N7OS/c1-29(2,3)11-10-28-14-26-9-6-16-19(26)24-13-18-23-12-17(27(16)18)15-4-7-25(8-5-15)20(21)22/h6,9,12-13,15H,4-5,7-8,10-11,14H2,1-3H3,(H3,21,22). The summed E-state index contributed by atoms with van der Waals surface area (Å²) in [6.07, 6.45) is 14.7. The van der Waals surface area contributed by atoms with E-state index >= 15 is 0 Å². The van der Waals surface area contributed by atoms with Crippen LogP contribution in [0.1, 0.15) is 24.5 Å². The molecule has 1 aliphatic heterocycles. The molecule has 0 spiro atoms. The number of guanidine groups is 1. The van der Waals surface area contributed by atoms with Gasteiger partial charge in [-0.2, -0.15) is 0 Å². The average molecular weight is 418 g/mol. The number of rotatable bonds is 6. The molecule has 1 aliphatic rings. The Morgan fingerprint density at radius 3 is 2.69 bits per heavy atom. The molecule has 8 nitrogen and oxygen atoms in total. The van der Waals surface area contributed by atoms with Crippen molar-refractivity contribution in [2.75, 3.05) is 44.2 Å². The van der Waals surface area contributed by atoms with Crippen LogP contribution in [0.25, 0.3) is 16.8 Å². The SMILES string of the molecule is CS(C)(C)CCOCn1ccc2c1ncc1ncc(C3CCN(C(=N)N)CC3)n12. The first kappa shape index (κ1) is 20.0. The highest BCUT2D eigenvalue weighted by atomic mass is 32.3. The molecule has 158 valence electrons. The summed E-state index contributed by atoms with van der Waals surface area (Å²) in [7, 11) is -0.543. The molecule has 3 N–H and O–H groups in total. The lowest BCUT2D eigenvalue weighted by Crippen LogP contribution is -2.41. The molecular weight excluding hydrogens is 386 g/mol. The van der Waals surface area contributed by atoms with E-state index in [-0.39, 0.29) is 5.96 Å². The Hall–Kier alpha value is -2.26. The molecule has 0 radical (unpaired) electrons. The summed E-state index contributed by atoms with van der Waals surface area (Å²) in [5.74, 6) is 1.67. The quantitative estimate of drug-likeness (QED) is 0.365. The highest BCUT2D eigenvalue weighted by Crippen LogP contribution is 2.33. The van der Waals surface area contributed by atoms with E-state index in [0.29, 0.717) is 12.6 Å². The Morgan fingerprint density at radius 1 is 1.24 bits per heavy atom. The minimum Gasteiger partial charge on any atom is -0.370 e. The molecule has 0 unspecified atom stereocenters. The second kappa shape index (κ2) is 7.87. The summed E-state index contributed by atoms with van der Waals surface area (Å²) in [6, 6.07) is 2.10. The molecular formula is C20H31N7OS. The van der Waals surface area contributed by atoms with Crippen LogP contribution in [0.2, 0.25) is 0 Å². The molecule has 3 aromatic rings. The van der Waals surface area contributed by atoms with Gasteiger partial charge in [-0.15, -0.1) is 0 Å². The third-order valence-electron chi connectivity index (χ3n) is 5.60. The number of nitrogens with one attached hydrogen (secondary N) is 1. The maximum atomic E-state index is 7.64. The van der Waals surface area contributed by atoms with E-state index in [9.17, 15) is 0 Å². The van der Waals surface area contributed by atoms with E-state index in [2.05, 4.69) is 43.8 Å². The van der Waals surface area contributed by atoms with Crippen LogP contribution in [-0.2, 0) is 11.5 Å². The molecule has 4 heterocycles. The monoisotopic (exact) mass is 417 g/mol. The molecule has 1 saturated heterocycles. The van der Waals surface area contributed by atoms with Crippen molar-refractivity contribution in [3.05, 3.63) is 30.4 Å². The van der Waals surface area contributed by atoms with Gasteiger partial charge in [-0.3, -0.25) is 9.81 Å². The first-order chi connectivity index (χ1) is 13.8. The minimum absolute atomic E-state index is 0.165. The van der Waals surface area contributed by atoms with Gasteiger partial charge in [0.2, 0.25) is 0 Å². The van der Waals surface area contributed by atoms with Crippen LogP contribution < -0.4 is 5.73 Å². The molecule has 3 aromatic heterocycles. The topological polar surface area (TPSA) is 97.5 Å². The van der Waals surface area contributed by atoms with Crippen molar-refractivity contribution in [3.63, 3.8) is 0 Å². The van der Waals surface area contributed by atoms with Gasteiger partial charge in [0.05, 0.1) is 18.3 Å². The zero-order chi connectivity index (χ0) is 20.6. The smallest absolute Gasteiger partial charge is 0.188 e. The number of nitrogens with zero attached hydrogens (tertiary/aromatic N) is 5. The number of fused-ring (bicyclic) bond motifs is 3. The fourth-order valence-corrected chi connectivity index (χ4v) is 4.52. The van der Waals surface area contributed by atoms with Crippen molar-refractivity contribution in [1.29, 1.82) is 5.41 Å². The van der Waals surface area contributed by atoms with Crippen molar-refractivity contribution in [2.24, 2.45) is 5.73 Å². The van der Waals surface area contributed by atoms with E-state index in [1.807, 2.05) is 23.5 Å². The summed E-state index contributed by atoms with van der Waals surface area (Å²) in [5.41, 5.74) is 9.71. The van der Waals surface area contributed by atoms with E-state index < -0.39 is 10.0 Å². The summed E-state index contributed by atoms with van der Waals surface area (Å²) < 4.78 is 10.2. The third kappa shape index (κ3) is 4.20. The fraction of sp³-hybridized carbons (Fsp3) is 0.550. The first-order valence-corrected chi connectivity index (χ1v) is 13.0. The Morgan fingerprint density at radius 2 is 2.00 bits per heavy atom. The maximum Gasteiger partial charge on any atom is 0.188 e. The van der Waals surface area contributed by atoms with Gasteiger partial charge >= 0.3 is 0 Å². The number of nitrogens with two attached hydrogens (primary N) is 1. The zero-order valence-electron chi connectivity index (χ0n) is 17.5. The molecule has 1 fully saturated rings. The van der Waals surface area contributed by atoms with Crippen molar-refractivity contribution < 1.29 is 4.74 Å². The lowest BCUT2D eigenvalue weighted by Gasteiger charge is -2.32. The molecule has 0 bridgehead atoms. The van der Waals surface area contributed by atoms with Gasteiger partial charge in [0.15, 0.2) is 17.3 Å². The summed E-state index contributed by atoms with van der Waals surface area (Å²) in [6.45, 7) is 2.91. The van der Waals surface area contributed by atoms with Gasteiger partial charge < -0.3 is 19.9 Å². The van der Waals surface area contributed by atoms with Gasteiger partial charge in [0.25, 0.3) is 0 Å². The fourth-order valence-electron chi connectivity index (χ4n) is 3.90. The Labute approximate surface area is 172 Å². The van der Waals surface area contributed by atoms with Crippen LogP contribution >= 0.6 is 10.0 Å². The average Bonchev–Trinajstić information content (AvgIpc) is 3.28. The number of hydrogen-bond acceptors (Lipinski definition) is 4. The van der Waals surface area contributed by atoms with Crippen molar-refractivity contribution in [3.8, 4) is 0 Å². The predicted molar refractivity (Wildman–Crippen MR) is 120 cm³/mol. The van der Waals surface area contributed by atoms with Gasteiger partial charge in [-0.25, -0.2) is 20.0 Å². The second-order valence-corrected chi connectivity index (χ2v) is 13.2. The van der Waals surface area contributed by atoms with Crippen LogP contribution in [0.4, 0.5) is 0 Å². The molecule has 0 aliphatic carbocycles. The van der Waals surface area contributed by atoms with Gasteiger partial charge in [0.1, 0.15) is 6.73 Å². The highest BCUT2D eigenvalue weighted by Gasteiger charge is 2.24. The van der Waals surface area contributed by atoms with Crippen molar-refractivity contribution in [2.45, 2.75) is 25.5 Å². The van der Waals surface area contributed by atoms with Crippen molar-refractivity contribution in [1.82, 2.24) is 23.8 Å². The largest absolute Gasteiger partial charge is 0.370 e. The van der Waals surface area contributed by atoms with Crippen LogP contribution in [0.3, 0.4) is 0 Å². The van der Waals surface area contributed by atoms with Crippen LogP contribution in [0.15, 0.2) is 24.7 Å². The third-order valence-corrected chi connectivity index (χ3v) is 6.99.